The molecule has 4 heteroatoms. The number of hydrogen-bond donors (Lipinski definition) is 0. The van der Waals surface area contributed by atoms with Crippen molar-refractivity contribution in [2.24, 2.45) is 0 Å². The molecule has 0 aliphatic heterocycles. The summed E-state index contributed by atoms with van der Waals surface area (Å²) in [6, 6.07) is 23.0. The van der Waals surface area contributed by atoms with Crippen molar-refractivity contribution >= 4 is 32.8 Å². The van der Waals surface area contributed by atoms with Crippen LogP contribution in [0.15, 0.2) is 88.2 Å². The molecule has 32 heavy (non-hydrogen) atoms. The summed E-state index contributed by atoms with van der Waals surface area (Å²) in [5.41, 5.74) is 5.60. The van der Waals surface area contributed by atoms with Crippen LogP contribution < -0.4 is 0 Å². The van der Waals surface area contributed by atoms with E-state index >= 15 is 0 Å². The molecule has 0 aliphatic rings. The minimum atomic E-state index is 0.00175. The van der Waals surface area contributed by atoms with Gasteiger partial charge in [0.2, 0.25) is 5.71 Å². The molecule has 0 atom stereocenters. The monoisotopic (exact) mass is 418 g/mol. The van der Waals surface area contributed by atoms with E-state index in [1.54, 1.807) is 12.6 Å². The van der Waals surface area contributed by atoms with Gasteiger partial charge in [-0.3, -0.25) is 0 Å². The quantitative estimate of drug-likeness (QED) is 0.288. The van der Waals surface area contributed by atoms with E-state index < -0.39 is 0 Å². The number of fused-ring (bicyclic) bond motifs is 3. The van der Waals surface area contributed by atoms with Gasteiger partial charge in [0.25, 0.3) is 0 Å². The lowest BCUT2D eigenvalue weighted by Crippen LogP contribution is -2.12. The second-order valence-electron chi connectivity index (χ2n) is 9.22. The summed E-state index contributed by atoms with van der Waals surface area (Å²) >= 11 is 0. The molecule has 4 nitrogen and oxygen atoms in total. The summed E-state index contributed by atoms with van der Waals surface area (Å²) < 4.78 is 11.7. The van der Waals surface area contributed by atoms with Crippen LogP contribution in [0.5, 0.6) is 0 Å². The maximum Gasteiger partial charge on any atom is 0.230 e. The molecule has 0 saturated heterocycles. The molecule has 6 rings (SSSR count). The second-order valence-corrected chi connectivity index (χ2v) is 9.22. The van der Waals surface area contributed by atoms with Crippen molar-refractivity contribution in [1.29, 1.82) is 0 Å². The van der Waals surface area contributed by atoms with Gasteiger partial charge in [-0.15, -0.1) is 0 Å². The number of rotatable bonds is 2. The highest BCUT2D eigenvalue weighted by Gasteiger charge is 2.20. The lowest BCUT2D eigenvalue weighted by atomic mass is 9.82. The Kier molecular flexibility index (Phi) is 3.99. The van der Waals surface area contributed by atoms with Crippen molar-refractivity contribution in [1.82, 2.24) is 9.97 Å². The largest absolute Gasteiger partial charge is 0.464 e. The smallest absolute Gasteiger partial charge is 0.230 e. The highest BCUT2D eigenvalue weighted by molar-refractivity contribution is 5.97. The lowest BCUT2D eigenvalue weighted by molar-refractivity contribution is 0.596. The number of benzene rings is 3. The summed E-state index contributed by atoms with van der Waals surface area (Å²) in [7, 11) is 0. The fourth-order valence-corrected chi connectivity index (χ4v) is 4.40. The fourth-order valence-electron chi connectivity index (χ4n) is 4.40. The van der Waals surface area contributed by atoms with Gasteiger partial charge in [0, 0.05) is 16.5 Å². The first-order valence-electron chi connectivity index (χ1n) is 10.7. The average Bonchev–Trinajstić information content (AvgIpc) is 3.43. The van der Waals surface area contributed by atoms with Crippen molar-refractivity contribution in [2.75, 3.05) is 0 Å². The van der Waals surface area contributed by atoms with Crippen LogP contribution >= 0.6 is 0 Å². The Morgan fingerprint density at radius 2 is 1.62 bits per heavy atom. The third-order valence-electron chi connectivity index (χ3n) is 6.01. The highest BCUT2D eigenvalue weighted by Crippen LogP contribution is 2.38. The minimum absolute atomic E-state index is 0.00175. The van der Waals surface area contributed by atoms with Gasteiger partial charge in [-0.2, -0.15) is 0 Å². The van der Waals surface area contributed by atoms with E-state index in [1.807, 2.05) is 30.3 Å². The molecule has 3 aromatic carbocycles. The Balaban J connectivity index is 1.56. The van der Waals surface area contributed by atoms with Crippen LogP contribution in [0.2, 0.25) is 0 Å². The number of furan rings is 2. The minimum Gasteiger partial charge on any atom is -0.464 e. The molecule has 0 fully saturated rings. The normalized spacial score (nSPS) is 12.2. The summed E-state index contributed by atoms with van der Waals surface area (Å²) in [5.74, 6) is 0.747. The van der Waals surface area contributed by atoms with Crippen molar-refractivity contribution in [3.05, 3.63) is 84.9 Å². The van der Waals surface area contributed by atoms with E-state index in [0.717, 1.165) is 38.9 Å². The zero-order chi connectivity index (χ0) is 21.9. The maximum atomic E-state index is 6.13. The first-order valence-corrected chi connectivity index (χ1v) is 10.7. The summed E-state index contributed by atoms with van der Waals surface area (Å²) in [6.07, 6.45) is 3.27. The molecular weight excluding hydrogens is 396 g/mol. The van der Waals surface area contributed by atoms with Crippen LogP contribution in [-0.4, -0.2) is 9.97 Å². The van der Waals surface area contributed by atoms with Crippen molar-refractivity contribution in [3.8, 4) is 22.6 Å². The van der Waals surface area contributed by atoms with Crippen LogP contribution in [0.4, 0.5) is 0 Å². The molecule has 0 unspecified atom stereocenters. The molecule has 156 valence electrons. The van der Waals surface area contributed by atoms with Crippen molar-refractivity contribution in [3.63, 3.8) is 0 Å². The molecule has 0 aliphatic carbocycles. The van der Waals surface area contributed by atoms with Crippen molar-refractivity contribution in [2.45, 2.75) is 26.2 Å². The van der Waals surface area contributed by atoms with Crippen LogP contribution in [0, 0.1) is 0 Å². The predicted molar refractivity (Wildman–Crippen MR) is 129 cm³/mol. The van der Waals surface area contributed by atoms with E-state index in [-0.39, 0.29) is 5.41 Å². The van der Waals surface area contributed by atoms with Gasteiger partial charge in [0.15, 0.2) is 0 Å². The zero-order valence-electron chi connectivity index (χ0n) is 18.2. The summed E-state index contributed by atoms with van der Waals surface area (Å²) in [6.45, 7) is 6.73. The Morgan fingerprint density at radius 3 is 2.50 bits per heavy atom. The zero-order valence-corrected chi connectivity index (χ0v) is 18.2. The molecule has 0 N–H and O–H groups in total. The molecular formula is C28H22N2O2. The molecule has 0 bridgehead atoms. The standard InChI is InChI=1S/C28H22N2O2/c1-28(2,3)23-13-20(12-18-6-4-5-7-21(18)23)26-22-15-25(32-27(22)30-16-29-26)19-9-8-17-10-11-31-24(17)14-19/h4-16H,1-3H3. The Morgan fingerprint density at radius 1 is 0.750 bits per heavy atom. The first-order chi connectivity index (χ1) is 15.5. The Bertz CT molecular complexity index is 1620. The Hall–Kier alpha value is -3.92. The molecule has 0 spiro atoms. The SMILES string of the molecule is CC(C)(C)c1cc(-c2ncnc3oc(-c4ccc5ccoc5c4)cc23)cc2ccccc12. The average molecular weight is 418 g/mol. The summed E-state index contributed by atoms with van der Waals surface area (Å²) in [5, 5.41) is 4.44. The molecule has 3 aromatic heterocycles. The van der Waals surface area contributed by atoms with Gasteiger partial charge in [0.05, 0.1) is 17.3 Å². The van der Waals surface area contributed by atoms with Gasteiger partial charge in [-0.1, -0.05) is 57.2 Å². The van der Waals surface area contributed by atoms with Crippen LogP contribution in [0.25, 0.3) is 55.4 Å². The van der Waals surface area contributed by atoms with E-state index in [9.17, 15) is 0 Å². The molecule has 6 aromatic rings. The van der Waals surface area contributed by atoms with E-state index in [0.29, 0.717) is 5.71 Å². The maximum absolute atomic E-state index is 6.13. The second kappa shape index (κ2) is 6.79. The van der Waals surface area contributed by atoms with E-state index in [1.165, 1.54) is 16.3 Å². The van der Waals surface area contributed by atoms with Gasteiger partial charge in [0.1, 0.15) is 17.7 Å². The highest BCUT2D eigenvalue weighted by atomic mass is 16.3. The molecule has 0 saturated carbocycles. The van der Waals surface area contributed by atoms with Gasteiger partial charge >= 0.3 is 0 Å². The molecule has 3 heterocycles. The number of nitrogens with zero attached hydrogens (tertiary/aromatic N) is 2. The first kappa shape index (κ1) is 18.8. The van der Waals surface area contributed by atoms with E-state index in [4.69, 9.17) is 8.83 Å². The number of aromatic nitrogens is 2. The van der Waals surface area contributed by atoms with Gasteiger partial charge < -0.3 is 8.83 Å². The third-order valence-corrected chi connectivity index (χ3v) is 6.01. The lowest BCUT2D eigenvalue weighted by Gasteiger charge is -2.22. The van der Waals surface area contributed by atoms with Crippen molar-refractivity contribution < 1.29 is 8.83 Å². The van der Waals surface area contributed by atoms with Gasteiger partial charge in [-0.05, 0) is 52.1 Å². The third kappa shape index (κ3) is 2.99. The topological polar surface area (TPSA) is 52.1 Å². The number of hydrogen-bond acceptors (Lipinski definition) is 4. The fraction of sp³-hybridized carbons (Fsp3) is 0.143. The predicted octanol–water partition coefficient (Wildman–Crippen LogP) is 7.75. The Labute approximate surface area is 185 Å². The summed E-state index contributed by atoms with van der Waals surface area (Å²) in [4.78, 5) is 9.06. The van der Waals surface area contributed by atoms with E-state index in [2.05, 4.69) is 67.1 Å². The molecule has 0 amide bonds. The van der Waals surface area contributed by atoms with Crippen LogP contribution in [0.3, 0.4) is 0 Å². The van der Waals surface area contributed by atoms with Crippen LogP contribution in [0.1, 0.15) is 26.3 Å². The van der Waals surface area contributed by atoms with Crippen LogP contribution in [-0.2, 0) is 5.41 Å². The molecule has 0 radical (unpaired) electrons. The van der Waals surface area contributed by atoms with Gasteiger partial charge in [-0.25, -0.2) is 9.97 Å².